The molecule has 1 fully saturated rings. The van der Waals surface area contributed by atoms with Crippen LogP contribution in [0, 0.1) is 42.9 Å². The van der Waals surface area contributed by atoms with Gasteiger partial charge in [0.05, 0.1) is 0 Å². The molecule has 1 aromatic carbocycles. The topological polar surface area (TPSA) is 37.4 Å². The van der Waals surface area contributed by atoms with E-state index in [4.69, 9.17) is 0 Å². The Bertz CT molecular complexity index is 512. The molecule has 1 aliphatic heterocycles. The van der Waals surface area contributed by atoms with E-state index in [9.17, 15) is 9.59 Å². The summed E-state index contributed by atoms with van der Waals surface area (Å²) < 4.78 is 1.03. The molecule has 25 heavy (non-hydrogen) atoms. The van der Waals surface area contributed by atoms with E-state index >= 15 is 0 Å². The summed E-state index contributed by atoms with van der Waals surface area (Å²) in [5, 5.41) is 0. The Kier molecular flexibility index (Phi) is 16.3. The molecule has 0 spiro atoms. The fourth-order valence-corrected chi connectivity index (χ4v) is 2.80. The van der Waals surface area contributed by atoms with Crippen LogP contribution < -0.4 is 0 Å². The quantitative estimate of drug-likeness (QED) is 0.336. The third kappa shape index (κ3) is 11.3. The van der Waals surface area contributed by atoms with Crippen LogP contribution in [0.3, 0.4) is 0 Å². The molecule has 3 nitrogen and oxygen atoms in total. The van der Waals surface area contributed by atoms with E-state index < -0.39 is 0 Å². The fraction of sp³-hybridized carbons (Fsp3) is 0.550. The molecule has 138 valence electrons. The van der Waals surface area contributed by atoms with E-state index in [2.05, 4.69) is 43.6 Å². The predicted octanol–water partition coefficient (Wildman–Crippen LogP) is 5.23. The number of carbonyl (C=O) groups excluding carboxylic acids is 2. The Balaban J connectivity index is 0. The average molecular weight is 634 g/mol. The number of likely N-dealkylation sites (tertiary alicyclic amines) is 1. The Morgan fingerprint density at radius 1 is 1.28 bits per heavy atom. The largest absolute Gasteiger partial charge is 2.00 e. The van der Waals surface area contributed by atoms with Crippen molar-refractivity contribution >= 4 is 28.1 Å². The van der Waals surface area contributed by atoms with Crippen LogP contribution in [0.1, 0.15) is 63.9 Å². The molecule has 0 aliphatic carbocycles. The van der Waals surface area contributed by atoms with Gasteiger partial charge in [-0.05, 0) is 44.0 Å². The summed E-state index contributed by atoms with van der Waals surface area (Å²) in [5.74, 6) is 2.31. The predicted molar refractivity (Wildman–Crippen MR) is 105 cm³/mol. The van der Waals surface area contributed by atoms with E-state index in [0.29, 0.717) is 0 Å². The number of hydrogen-bond acceptors (Lipinski definition) is 2. The molecule has 1 aromatic rings. The van der Waals surface area contributed by atoms with Crippen molar-refractivity contribution in [1.29, 1.82) is 0 Å². The van der Waals surface area contributed by atoms with E-state index in [0.717, 1.165) is 41.0 Å². The maximum atomic E-state index is 11.2. The number of nitrogens with zero attached hydrogens (tertiary/aromatic N) is 1. The number of Topliss-reactive ketones (excluding diaryl/α,β-unsaturated/α-hetero) is 1. The zero-order valence-corrected chi connectivity index (χ0v) is 22.0. The number of amides is 1. The summed E-state index contributed by atoms with van der Waals surface area (Å²) in [6, 6.07) is 5.72. The van der Waals surface area contributed by atoms with Crippen LogP contribution in [-0.4, -0.2) is 30.2 Å². The molecule has 2 rings (SSSR count). The van der Waals surface area contributed by atoms with Crippen molar-refractivity contribution < 1.29 is 40.7 Å². The van der Waals surface area contributed by atoms with Crippen LogP contribution in [0.4, 0.5) is 0 Å². The third-order valence-corrected chi connectivity index (χ3v) is 4.26. The number of hydrogen-bond donors (Lipinski definition) is 0. The molecule has 0 bridgehead atoms. The molecule has 0 aromatic heterocycles. The number of halogens is 1. The molecule has 0 unspecified atom stereocenters. The minimum Gasteiger partial charge on any atom is -0.520 e. The molecule has 1 saturated heterocycles. The first-order chi connectivity index (χ1) is 11.3. The maximum absolute atomic E-state index is 11.2. The molecule has 0 atom stereocenters. The number of ketones is 1. The zero-order valence-electron chi connectivity index (χ0n) is 16.3. The summed E-state index contributed by atoms with van der Waals surface area (Å²) >= 11 is 3.42. The average Bonchev–Trinajstić information content (AvgIpc) is 2.46. The van der Waals surface area contributed by atoms with Gasteiger partial charge in [0.2, 0.25) is 0 Å². The van der Waals surface area contributed by atoms with Crippen molar-refractivity contribution in [1.82, 2.24) is 4.90 Å². The molecule has 1 amide bonds. The smallest absolute Gasteiger partial charge is 0.520 e. The van der Waals surface area contributed by atoms with Gasteiger partial charge in [0.25, 0.3) is 0 Å². The van der Waals surface area contributed by atoms with Gasteiger partial charge in [0, 0.05) is 10.0 Å². The van der Waals surface area contributed by atoms with Crippen LogP contribution >= 0.6 is 15.9 Å². The molecule has 0 N–H and O–H groups in total. The molecule has 1 heterocycles. The zero-order chi connectivity index (χ0) is 18.7. The normalized spacial score (nSPS) is 12.7. The van der Waals surface area contributed by atoms with Gasteiger partial charge in [0.15, 0.2) is 5.78 Å². The Hall–Kier alpha value is -0.108. The minimum absolute atomic E-state index is 0. The second kappa shape index (κ2) is 15.0. The first kappa shape index (κ1) is 27.1. The van der Waals surface area contributed by atoms with Crippen LogP contribution in [0.5, 0.6) is 0 Å². The first-order valence-corrected chi connectivity index (χ1v) is 9.23. The SMILES string of the molecule is CCC1CN([C-]=O)C1.CCc1c(Br)cccc1C(C)=O.C[C-](C)C.[U+2]. The fourth-order valence-electron chi connectivity index (χ4n) is 2.15. The second-order valence-electron chi connectivity index (χ2n) is 6.45. The van der Waals surface area contributed by atoms with Crippen LogP contribution in [-0.2, 0) is 11.2 Å². The first-order valence-electron chi connectivity index (χ1n) is 8.44. The Labute approximate surface area is 185 Å². The van der Waals surface area contributed by atoms with Crippen LogP contribution in [0.15, 0.2) is 22.7 Å². The maximum Gasteiger partial charge on any atom is 2.00 e. The van der Waals surface area contributed by atoms with Gasteiger partial charge in [-0.2, -0.15) is 27.2 Å². The summed E-state index contributed by atoms with van der Waals surface area (Å²) in [5.41, 5.74) is 1.93. The van der Waals surface area contributed by atoms with Crippen LogP contribution in [0.2, 0.25) is 0 Å². The molecule has 5 heteroatoms. The standard InChI is InChI=1S/C10H11BrO.C6H10NO.C4H9.U/c1-3-8-9(7(2)12)5-4-6-10(8)11;1-2-6-3-7(4-6)5-8;1-4(2)3;/h4-6H,3H2,1-2H3;6H,2-4H2,1H3;1-3H3;/q;2*-1;+2. The summed E-state index contributed by atoms with van der Waals surface area (Å²) in [4.78, 5) is 22.7. The molecular formula is C20H30BrNO2U. The minimum atomic E-state index is 0. The van der Waals surface area contributed by atoms with Crippen LogP contribution in [0.25, 0.3) is 0 Å². The van der Waals surface area contributed by atoms with E-state index in [1.807, 2.05) is 31.5 Å². The van der Waals surface area contributed by atoms with Gasteiger partial charge in [0.1, 0.15) is 0 Å². The van der Waals surface area contributed by atoms with Gasteiger partial charge >= 0.3 is 31.1 Å². The van der Waals surface area contributed by atoms with Gasteiger partial charge < -0.3 is 15.6 Å². The Morgan fingerprint density at radius 2 is 1.80 bits per heavy atom. The van der Waals surface area contributed by atoms with E-state index in [-0.39, 0.29) is 36.9 Å². The summed E-state index contributed by atoms with van der Waals surface area (Å²) in [6.07, 6.45) is 3.93. The molecule has 1 aliphatic rings. The molecule has 0 radical (unpaired) electrons. The van der Waals surface area contributed by atoms with Gasteiger partial charge in [-0.1, -0.05) is 48.3 Å². The van der Waals surface area contributed by atoms with Crippen molar-refractivity contribution in [3.63, 3.8) is 0 Å². The van der Waals surface area contributed by atoms with Crippen molar-refractivity contribution in [2.75, 3.05) is 13.1 Å². The van der Waals surface area contributed by atoms with Crippen molar-refractivity contribution in [2.45, 2.75) is 54.4 Å². The summed E-state index contributed by atoms with van der Waals surface area (Å²) in [6.45, 7) is 13.9. The monoisotopic (exact) mass is 633 g/mol. The molecule has 0 saturated carbocycles. The van der Waals surface area contributed by atoms with Gasteiger partial charge in [-0.15, -0.1) is 0 Å². The van der Waals surface area contributed by atoms with Crippen molar-refractivity contribution in [3.8, 4) is 0 Å². The summed E-state index contributed by atoms with van der Waals surface area (Å²) in [7, 11) is 0. The van der Waals surface area contributed by atoms with E-state index in [1.54, 1.807) is 11.8 Å². The Morgan fingerprint density at radius 3 is 2.12 bits per heavy atom. The second-order valence-corrected chi connectivity index (χ2v) is 7.30. The van der Waals surface area contributed by atoms with Gasteiger partial charge in [-0.25, -0.2) is 0 Å². The number of benzene rings is 1. The number of carbonyl (C=O) groups is 1. The van der Waals surface area contributed by atoms with Crippen molar-refractivity contribution in [2.24, 2.45) is 5.92 Å². The number of rotatable bonds is 4. The molecular weight excluding hydrogens is 604 g/mol. The van der Waals surface area contributed by atoms with E-state index in [1.165, 1.54) is 12.3 Å². The van der Waals surface area contributed by atoms with Crippen molar-refractivity contribution in [3.05, 3.63) is 39.7 Å². The third-order valence-electron chi connectivity index (χ3n) is 3.52. The van der Waals surface area contributed by atoms with Gasteiger partial charge in [-0.3, -0.25) is 4.79 Å².